The van der Waals surface area contributed by atoms with Crippen LogP contribution >= 0.6 is 15.9 Å². The van der Waals surface area contributed by atoms with Crippen LogP contribution in [0.1, 0.15) is 12.0 Å². The van der Waals surface area contributed by atoms with Crippen LogP contribution in [0.15, 0.2) is 22.9 Å². The molecule has 2 heterocycles. The van der Waals surface area contributed by atoms with Crippen molar-refractivity contribution in [2.75, 3.05) is 13.1 Å². The van der Waals surface area contributed by atoms with Crippen LogP contribution in [0.25, 0.3) is 0 Å². The number of pyridine rings is 1. The van der Waals surface area contributed by atoms with Gasteiger partial charge in [-0.1, -0.05) is 0 Å². The highest BCUT2D eigenvalue weighted by Crippen LogP contribution is 2.15. The number of likely N-dealkylation sites (tertiary alicyclic amines) is 1. The Morgan fingerprint density at radius 3 is 3.07 bits per heavy atom. The molecule has 1 N–H and O–H groups in total. The number of halogens is 1. The molecule has 14 heavy (non-hydrogen) atoms. The SMILES string of the molecule is OC1CCN(Cc2cncc(Br)c2)C1. The highest BCUT2D eigenvalue weighted by molar-refractivity contribution is 9.10. The summed E-state index contributed by atoms with van der Waals surface area (Å²) in [6.07, 6.45) is 4.40. The van der Waals surface area contributed by atoms with Gasteiger partial charge in [0.25, 0.3) is 0 Å². The highest BCUT2D eigenvalue weighted by Gasteiger charge is 2.19. The van der Waals surface area contributed by atoms with Crippen molar-refractivity contribution >= 4 is 15.9 Å². The van der Waals surface area contributed by atoms with Crippen LogP contribution in [0.2, 0.25) is 0 Å². The minimum Gasteiger partial charge on any atom is -0.392 e. The van der Waals surface area contributed by atoms with E-state index in [9.17, 15) is 5.11 Å². The number of aliphatic hydroxyl groups is 1. The highest BCUT2D eigenvalue weighted by atomic mass is 79.9. The predicted octanol–water partition coefficient (Wildman–Crippen LogP) is 1.41. The van der Waals surface area contributed by atoms with Crippen molar-refractivity contribution < 1.29 is 5.11 Å². The molecule has 1 aromatic rings. The molecule has 76 valence electrons. The molecule has 4 heteroatoms. The molecule has 0 bridgehead atoms. The first kappa shape index (κ1) is 10.1. The lowest BCUT2D eigenvalue weighted by atomic mass is 10.3. The zero-order valence-corrected chi connectivity index (χ0v) is 9.44. The average Bonchev–Trinajstić information content (AvgIpc) is 2.51. The first-order valence-electron chi connectivity index (χ1n) is 4.74. The van der Waals surface area contributed by atoms with E-state index >= 15 is 0 Å². The Hall–Kier alpha value is -0.450. The van der Waals surface area contributed by atoms with E-state index in [0.717, 1.165) is 30.5 Å². The number of rotatable bonds is 2. The predicted molar refractivity (Wildman–Crippen MR) is 57.8 cm³/mol. The molecule has 1 aromatic heterocycles. The number of aliphatic hydroxyl groups excluding tert-OH is 1. The van der Waals surface area contributed by atoms with Crippen LogP contribution in [0.3, 0.4) is 0 Å². The third-order valence-corrected chi connectivity index (χ3v) is 2.85. The Balaban J connectivity index is 1.97. The fraction of sp³-hybridized carbons (Fsp3) is 0.500. The maximum absolute atomic E-state index is 9.37. The van der Waals surface area contributed by atoms with Crippen molar-refractivity contribution in [3.8, 4) is 0 Å². The minimum atomic E-state index is -0.143. The lowest BCUT2D eigenvalue weighted by Gasteiger charge is -2.14. The van der Waals surface area contributed by atoms with E-state index < -0.39 is 0 Å². The zero-order valence-electron chi connectivity index (χ0n) is 7.86. The largest absolute Gasteiger partial charge is 0.392 e. The van der Waals surface area contributed by atoms with Crippen molar-refractivity contribution in [2.24, 2.45) is 0 Å². The molecule has 1 aliphatic heterocycles. The summed E-state index contributed by atoms with van der Waals surface area (Å²) in [6, 6.07) is 2.07. The summed E-state index contributed by atoms with van der Waals surface area (Å²) in [4.78, 5) is 6.35. The van der Waals surface area contributed by atoms with Crippen LogP contribution in [0, 0.1) is 0 Å². The fourth-order valence-electron chi connectivity index (χ4n) is 1.76. The van der Waals surface area contributed by atoms with Crippen molar-refractivity contribution in [3.05, 3.63) is 28.5 Å². The third kappa shape index (κ3) is 2.53. The molecule has 1 fully saturated rings. The Kier molecular flexibility index (Phi) is 3.15. The first-order valence-corrected chi connectivity index (χ1v) is 5.53. The number of β-amino-alcohol motifs (C(OH)–C–C–N with tert-alkyl or cyclic N) is 1. The van der Waals surface area contributed by atoms with Crippen molar-refractivity contribution in [3.63, 3.8) is 0 Å². The van der Waals surface area contributed by atoms with Gasteiger partial charge in [0.05, 0.1) is 6.10 Å². The monoisotopic (exact) mass is 256 g/mol. The van der Waals surface area contributed by atoms with Crippen LogP contribution in [-0.2, 0) is 6.54 Å². The van der Waals surface area contributed by atoms with Crippen LogP contribution in [0.5, 0.6) is 0 Å². The van der Waals surface area contributed by atoms with Gasteiger partial charge in [-0.2, -0.15) is 0 Å². The molecule has 2 rings (SSSR count). The molecule has 1 saturated heterocycles. The van der Waals surface area contributed by atoms with E-state index in [-0.39, 0.29) is 6.10 Å². The smallest absolute Gasteiger partial charge is 0.0679 e. The van der Waals surface area contributed by atoms with Crippen LogP contribution < -0.4 is 0 Å². The summed E-state index contributed by atoms with van der Waals surface area (Å²) in [5.41, 5.74) is 1.19. The average molecular weight is 257 g/mol. The van der Waals surface area contributed by atoms with Gasteiger partial charge < -0.3 is 5.11 Å². The summed E-state index contributed by atoms with van der Waals surface area (Å²) in [6.45, 7) is 2.64. The summed E-state index contributed by atoms with van der Waals surface area (Å²) >= 11 is 3.39. The first-order chi connectivity index (χ1) is 6.74. The molecule has 0 aromatic carbocycles. The Morgan fingerprint density at radius 2 is 2.43 bits per heavy atom. The van der Waals surface area contributed by atoms with E-state index in [1.807, 2.05) is 6.20 Å². The quantitative estimate of drug-likeness (QED) is 0.870. The van der Waals surface area contributed by atoms with Crippen LogP contribution in [-0.4, -0.2) is 34.2 Å². The van der Waals surface area contributed by atoms with E-state index in [2.05, 4.69) is 31.9 Å². The van der Waals surface area contributed by atoms with E-state index in [1.54, 1.807) is 6.20 Å². The maximum Gasteiger partial charge on any atom is 0.0679 e. The number of hydrogen-bond donors (Lipinski definition) is 1. The van der Waals surface area contributed by atoms with Gasteiger partial charge in [0, 0.05) is 36.5 Å². The Morgan fingerprint density at radius 1 is 1.57 bits per heavy atom. The molecule has 0 amide bonds. The molecule has 0 radical (unpaired) electrons. The lowest BCUT2D eigenvalue weighted by molar-refractivity contribution is 0.174. The van der Waals surface area contributed by atoms with E-state index in [4.69, 9.17) is 0 Å². The summed E-state index contributed by atoms with van der Waals surface area (Å²) in [7, 11) is 0. The van der Waals surface area contributed by atoms with Gasteiger partial charge >= 0.3 is 0 Å². The molecule has 0 spiro atoms. The summed E-state index contributed by atoms with van der Waals surface area (Å²) in [5.74, 6) is 0. The second-order valence-corrected chi connectivity index (χ2v) is 4.60. The number of nitrogens with zero attached hydrogens (tertiary/aromatic N) is 2. The topological polar surface area (TPSA) is 36.4 Å². The molecular weight excluding hydrogens is 244 g/mol. The lowest BCUT2D eigenvalue weighted by Crippen LogP contribution is -2.21. The van der Waals surface area contributed by atoms with Crippen molar-refractivity contribution in [2.45, 2.75) is 19.1 Å². The van der Waals surface area contributed by atoms with Crippen molar-refractivity contribution in [1.29, 1.82) is 0 Å². The van der Waals surface area contributed by atoms with Gasteiger partial charge in [-0.15, -0.1) is 0 Å². The molecular formula is C10H13BrN2O. The molecule has 3 nitrogen and oxygen atoms in total. The number of hydrogen-bond acceptors (Lipinski definition) is 3. The molecule has 0 saturated carbocycles. The summed E-state index contributed by atoms with van der Waals surface area (Å²) in [5, 5.41) is 9.37. The Bertz CT molecular complexity index is 319. The molecule has 1 unspecified atom stereocenters. The molecule has 1 atom stereocenters. The van der Waals surface area contributed by atoms with Gasteiger partial charge in [-0.3, -0.25) is 9.88 Å². The third-order valence-electron chi connectivity index (χ3n) is 2.42. The van der Waals surface area contributed by atoms with E-state index in [1.165, 1.54) is 5.56 Å². The normalized spacial score (nSPS) is 22.9. The maximum atomic E-state index is 9.37. The van der Waals surface area contributed by atoms with Gasteiger partial charge in [-0.25, -0.2) is 0 Å². The van der Waals surface area contributed by atoms with E-state index in [0.29, 0.717) is 0 Å². The fourth-order valence-corrected chi connectivity index (χ4v) is 2.17. The Labute approximate surface area is 91.9 Å². The molecule has 1 aliphatic rings. The second kappa shape index (κ2) is 4.38. The van der Waals surface area contributed by atoms with Gasteiger partial charge in [0.2, 0.25) is 0 Å². The molecule has 0 aliphatic carbocycles. The van der Waals surface area contributed by atoms with Gasteiger partial charge in [-0.05, 0) is 34.0 Å². The zero-order chi connectivity index (χ0) is 9.97. The van der Waals surface area contributed by atoms with Crippen molar-refractivity contribution in [1.82, 2.24) is 9.88 Å². The summed E-state index contributed by atoms with van der Waals surface area (Å²) < 4.78 is 1.01. The number of aromatic nitrogens is 1. The second-order valence-electron chi connectivity index (χ2n) is 3.69. The van der Waals surface area contributed by atoms with Gasteiger partial charge in [0.1, 0.15) is 0 Å². The minimum absolute atomic E-state index is 0.143. The standard InChI is InChI=1S/C10H13BrN2O/c11-9-3-8(4-12-5-9)6-13-2-1-10(14)7-13/h3-5,10,14H,1-2,6-7H2. The van der Waals surface area contributed by atoms with Gasteiger partial charge in [0.15, 0.2) is 0 Å². The van der Waals surface area contributed by atoms with Crippen LogP contribution in [0.4, 0.5) is 0 Å².